The summed E-state index contributed by atoms with van der Waals surface area (Å²) in [5.74, 6) is -0.386. The number of nitro groups is 1. The second-order valence-electron chi connectivity index (χ2n) is 5.64. The lowest BCUT2D eigenvalue weighted by Gasteiger charge is -2.35. The summed E-state index contributed by atoms with van der Waals surface area (Å²) in [6, 6.07) is 5.92. The van der Waals surface area contributed by atoms with Gasteiger partial charge in [-0.05, 0) is 50.9 Å². The highest BCUT2D eigenvalue weighted by molar-refractivity contribution is 5.89. The number of piperidine rings is 1. The van der Waals surface area contributed by atoms with Gasteiger partial charge in [0.2, 0.25) is 0 Å². The van der Waals surface area contributed by atoms with E-state index in [2.05, 4.69) is 4.90 Å². The predicted octanol–water partition coefficient (Wildman–Crippen LogP) is 2.38. The van der Waals surface area contributed by atoms with Crippen LogP contribution < -0.4 is 0 Å². The molecule has 2 aliphatic rings. The van der Waals surface area contributed by atoms with Crippen LogP contribution in [0.25, 0.3) is 0 Å². The Bertz CT molecular complexity index is 543. The number of fused-ring (bicyclic) bond motifs is 1. The SMILES string of the molecule is O=C(O[C@@H]1CCCN2CCC[C@@H]12)c1ccc([N+](=O)[O-])cc1. The molecule has 0 N–H and O–H groups in total. The Morgan fingerprint density at radius 3 is 2.52 bits per heavy atom. The predicted molar refractivity (Wildman–Crippen MR) is 76.1 cm³/mol. The van der Waals surface area contributed by atoms with Gasteiger partial charge in [0.05, 0.1) is 10.5 Å². The maximum atomic E-state index is 12.2. The summed E-state index contributed by atoms with van der Waals surface area (Å²) in [5, 5.41) is 10.6. The number of benzene rings is 1. The van der Waals surface area contributed by atoms with E-state index < -0.39 is 4.92 Å². The minimum atomic E-state index is -0.480. The molecular weight excluding hydrogens is 272 g/mol. The highest BCUT2D eigenvalue weighted by Gasteiger charge is 2.36. The third-order valence-corrected chi connectivity index (χ3v) is 4.35. The van der Waals surface area contributed by atoms with E-state index in [1.54, 1.807) is 0 Å². The zero-order valence-corrected chi connectivity index (χ0v) is 11.7. The zero-order valence-electron chi connectivity index (χ0n) is 11.7. The number of non-ortho nitro benzene ring substituents is 1. The summed E-state index contributed by atoms with van der Waals surface area (Å²) in [4.78, 5) is 24.7. The van der Waals surface area contributed by atoms with Crippen molar-refractivity contribution in [2.75, 3.05) is 13.1 Å². The third-order valence-electron chi connectivity index (χ3n) is 4.35. The average molecular weight is 290 g/mol. The quantitative estimate of drug-likeness (QED) is 0.485. The highest BCUT2D eigenvalue weighted by Crippen LogP contribution is 2.29. The van der Waals surface area contributed by atoms with Crippen LogP contribution in [-0.2, 0) is 4.74 Å². The molecule has 0 amide bonds. The molecule has 6 heteroatoms. The molecule has 3 rings (SSSR count). The number of nitrogens with zero attached hydrogens (tertiary/aromatic N) is 2. The zero-order chi connectivity index (χ0) is 14.8. The molecule has 2 atom stereocenters. The maximum Gasteiger partial charge on any atom is 0.338 e. The van der Waals surface area contributed by atoms with Crippen molar-refractivity contribution in [3.63, 3.8) is 0 Å². The number of nitro benzene ring substituents is 1. The molecule has 6 nitrogen and oxygen atoms in total. The van der Waals surface area contributed by atoms with Gasteiger partial charge in [-0.25, -0.2) is 4.79 Å². The lowest BCUT2D eigenvalue weighted by Crippen LogP contribution is -2.45. The van der Waals surface area contributed by atoms with Crippen molar-refractivity contribution in [2.24, 2.45) is 0 Å². The van der Waals surface area contributed by atoms with Crippen molar-refractivity contribution >= 4 is 11.7 Å². The van der Waals surface area contributed by atoms with Gasteiger partial charge in [-0.1, -0.05) is 0 Å². The lowest BCUT2D eigenvalue weighted by atomic mass is 9.99. The molecule has 2 aliphatic heterocycles. The molecule has 0 saturated carbocycles. The summed E-state index contributed by atoms with van der Waals surface area (Å²) in [5.41, 5.74) is 0.349. The van der Waals surface area contributed by atoms with E-state index in [1.165, 1.54) is 24.3 Å². The molecule has 0 radical (unpaired) electrons. The topological polar surface area (TPSA) is 72.7 Å². The van der Waals surface area contributed by atoms with Crippen LogP contribution in [0.5, 0.6) is 0 Å². The number of rotatable bonds is 3. The summed E-state index contributed by atoms with van der Waals surface area (Å²) in [6.45, 7) is 2.19. The van der Waals surface area contributed by atoms with E-state index in [0.29, 0.717) is 11.6 Å². The van der Waals surface area contributed by atoms with Crippen LogP contribution in [-0.4, -0.2) is 41.0 Å². The molecule has 2 heterocycles. The number of carbonyl (C=O) groups excluding carboxylic acids is 1. The van der Waals surface area contributed by atoms with Crippen molar-refractivity contribution in [3.8, 4) is 0 Å². The van der Waals surface area contributed by atoms with Gasteiger partial charge in [-0.2, -0.15) is 0 Å². The molecule has 1 aromatic carbocycles. The number of esters is 1. The van der Waals surface area contributed by atoms with Crippen molar-refractivity contribution in [2.45, 2.75) is 37.8 Å². The average Bonchev–Trinajstić information content (AvgIpc) is 2.97. The van der Waals surface area contributed by atoms with Crippen molar-refractivity contribution in [3.05, 3.63) is 39.9 Å². The van der Waals surface area contributed by atoms with Crippen LogP contribution in [0, 0.1) is 10.1 Å². The van der Waals surface area contributed by atoms with Crippen LogP contribution in [0.2, 0.25) is 0 Å². The lowest BCUT2D eigenvalue weighted by molar-refractivity contribution is -0.384. The van der Waals surface area contributed by atoms with E-state index >= 15 is 0 Å². The molecule has 21 heavy (non-hydrogen) atoms. The Labute approximate surface area is 122 Å². The summed E-state index contributed by atoms with van der Waals surface area (Å²) < 4.78 is 5.64. The molecule has 0 bridgehead atoms. The van der Waals surface area contributed by atoms with Crippen LogP contribution in [0.1, 0.15) is 36.0 Å². The van der Waals surface area contributed by atoms with Gasteiger partial charge in [0.25, 0.3) is 5.69 Å². The molecule has 112 valence electrons. The second-order valence-corrected chi connectivity index (χ2v) is 5.64. The minimum Gasteiger partial charge on any atom is -0.457 e. The first-order chi connectivity index (χ1) is 10.1. The largest absolute Gasteiger partial charge is 0.457 e. The van der Waals surface area contributed by atoms with E-state index in [-0.39, 0.29) is 17.8 Å². The fraction of sp³-hybridized carbons (Fsp3) is 0.533. The smallest absolute Gasteiger partial charge is 0.338 e. The van der Waals surface area contributed by atoms with E-state index in [0.717, 1.165) is 38.8 Å². The molecule has 2 saturated heterocycles. The third kappa shape index (κ3) is 2.90. The molecule has 0 unspecified atom stereocenters. The monoisotopic (exact) mass is 290 g/mol. The molecule has 2 fully saturated rings. The Morgan fingerprint density at radius 1 is 1.19 bits per heavy atom. The standard InChI is InChI=1S/C15H18N2O4/c18-15(11-5-7-12(8-6-11)17(19)20)21-14-4-2-10-16-9-1-3-13(14)16/h5-8,13-14H,1-4,9-10H2/t13-,14+/m0/s1. The molecule has 0 aromatic heterocycles. The van der Waals surface area contributed by atoms with Crippen LogP contribution in [0.4, 0.5) is 5.69 Å². The second kappa shape index (κ2) is 5.81. The number of hydrogen-bond donors (Lipinski definition) is 0. The van der Waals surface area contributed by atoms with Crippen molar-refractivity contribution < 1.29 is 14.5 Å². The van der Waals surface area contributed by atoms with Gasteiger partial charge in [0.15, 0.2) is 0 Å². The Hall–Kier alpha value is -1.95. The first-order valence-corrected chi connectivity index (χ1v) is 7.34. The van der Waals surface area contributed by atoms with Gasteiger partial charge in [-0.3, -0.25) is 15.0 Å². The van der Waals surface area contributed by atoms with Gasteiger partial charge in [-0.15, -0.1) is 0 Å². The van der Waals surface area contributed by atoms with Crippen molar-refractivity contribution in [1.82, 2.24) is 4.90 Å². The van der Waals surface area contributed by atoms with Crippen LogP contribution >= 0.6 is 0 Å². The van der Waals surface area contributed by atoms with Crippen LogP contribution in [0.3, 0.4) is 0 Å². The Morgan fingerprint density at radius 2 is 1.86 bits per heavy atom. The van der Waals surface area contributed by atoms with Gasteiger partial charge in [0, 0.05) is 18.2 Å². The number of hydrogen-bond acceptors (Lipinski definition) is 5. The maximum absolute atomic E-state index is 12.2. The fourth-order valence-electron chi connectivity index (χ4n) is 3.30. The fourth-order valence-corrected chi connectivity index (χ4v) is 3.30. The van der Waals surface area contributed by atoms with Crippen molar-refractivity contribution in [1.29, 1.82) is 0 Å². The molecule has 0 spiro atoms. The number of carbonyl (C=O) groups is 1. The summed E-state index contributed by atoms with van der Waals surface area (Å²) in [6.07, 6.45) is 4.15. The summed E-state index contributed by atoms with van der Waals surface area (Å²) in [7, 11) is 0. The van der Waals surface area contributed by atoms with E-state index in [9.17, 15) is 14.9 Å². The van der Waals surface area contributed by atoms with Gasteiger partial charge < -0.3 is 4.74 Å². The van der Waals surface area contributed by atoms with E-state index in [1.807, 2.05) is 0 Å². The number of ether oxygens (including phenoxy) is 1. The van der Waals surface area contributed by atoms with E-state index in [4.69, 9.17) is 4.74 Å². The first kappa shape index (κ1) is 14.0. The minimum absolute atomic E-state index is 0.0221. The normalized spacial score (nSPS) is 25.3. The van der Waals surface area contributed by atoms with Gasteiger partial charge >= 0.3 is 5.97 Å². The first-order valence-electron chi connectivity index (χ1n) is 7.34. The van der Waals surface area contributed by atoms with Gasteiger partial charge in [0.1, 0.15) is 6.10 Å². The highest BCUT2D eigenvalue weighted by atomic mass is 16.6. The molecular formula is C15H18N2O4. The molecule has 1 aromatic rings. The van der Waals surface area contributed by atoms with Crippen LogP contribution in [0.15, 0.2) is 24.3 Å². The summed E-state index contributed by atoms with van der Waals surface area (Å²) >= 11 is 0. The Balaban J connectivity index is 1.66. The Kier molecular flexibility index (Phi) is 3.88. The molecule has 0 aliphatic carbocycles.